The van der Waals surface area contributed by atoms with Crippen molar-refractivity contribution in [3.05, 3.63) is 64.1 Å². The van der Waals surface area contributed by atoms with E-state index in [-0.39, 0.29) is 10.1 Å². The van der Waals surface area contributed by atoms with Gasteiger partial charge >= 0.3 is 0 Å². The van der Waals surface area contributed by atoms with Crippen LogP contribution in [0.25, 0.3) is 0 Å². The summed E-state index contributed by atoms with van der Waals surface area (Å²) in [7, 11) is 0. The fourth-order valence-electron chi connectivity index (χ4n) is 1.83. The Labute approximate surface area is 139 Å². The summed E-state index contributed by atoms with van der Waals surface area (Å²) in [6.07, 6.45) is 0. The van der Waals surface area contributed by atoms with E-state index in [9.17, 15) is 0 Å². The third-order valence-corrected chi connectivity index (χ3v) is 6.09. The molecule has 1 unspecified atom stereocenters. The van der Waals surface area contributed by atoms with E-state index in [0.717, 1.165) is 4.90 Å². The SMILES string of the molecule is CC(C)(c1ccccc1)C(Cl)Sc1ccc(Cl)cc1Cl. The van der Waals surface area contributed by atoms with E-state index in [1.54, 1.807) is 17.8 Å². The predicted octanol–water partition coefficient (Wildman–Crippen LogP) is 6.63. The van der Waals surface area contributed by atoms with Crippen LogP contribution in [0.15, 0.2) is 53.4 Å². The normalized spacial score (nSPS) is 13.2. The zero-order valence-corrected chi connectivity index (χ0v) is 14.3. The van der Waals surface area contributed by atoms with Crippen molar-refractivity contribution in [2.24, 2.45) is 0 Å². The van der Waals surface area contributed by atoms with Gasteiger partial charge in [-0.3, -0.25) is 0 Å². The molecule has 2 aromatic rings. The lowest BCUT2D eigenvalue weighted by atomic mass is 9.87. The maximum atomic E-state index is 6.62. The molecule has 2 rings (SSSR count). The number of rotatable bonds is 4. The number of benzene rings is 2. The predicted molar refractivity (Wildman–Crippen MR) is 91.4 cm³/mol. The van der Waals surface area contributed by atoms with Crippen molar-refractivity contribution < 1.29 is 0 Å². The first-order valence-electron chi connectivity index (χ1n) is 6.22. The summed E-state index contributed by atoms with van der Waals surface area (Å²) in [4.78, 5) is 0.945. The van der Waals surface area contributed by atoms with Crippen LogP contribution >= 0.6 is 46.6 Å². The van der Waals surface area contributed by atoms with Crippen LogP contribution < -0.4 is 0 Å². The Balaban J connectivity index is 2.21. The summed E-state index contributed by atoms with van der Waals surface area (Å²) >= 11 is 20.3. The summed E-state index contributed by atoms with van der Waals surface area (Å²) in [6, 6.07) is 15.7. The van der Waals surface area contributed by atoms with Gasteiger partial charge in [0.05, 0.1) is 9.73 Å². The molecule has 0 aliphatic heterocycles. The van der Waals surface area contributed by atoms with E-state index in [0.29, 0.717) is 10.0 Å². The zero-order chi connectivity index (χ0) is 14.8. The van der Waals surface area contributed by atoms with Crippen molar-refractivity contribution in [3.8, 4) is 0 Å². The molecular formula is C16H15Cl3S. The summed E-state index contributed by atoms with van der Waals surface area (Å²) in [6.45, 7) is 4.27. The third-order valence-electron chi connectivity index (χ3n) is 3.21. The smallest absolute Gasteiger partial charge is 0.0927 e. The van der Waals surface area contributed by atoms with Crippen LogP contribution in [0.1, 0.15) is 19.4 Å². The molecule has 4 heteroatoms. The van der Waals surface area contributed by atoms with Gasteiger partial charge in [-0.2, -0.15) is 0 Å². The van der Waals surface area contributed by atoms with Gasteiger partial charge in [-0.05, 0) is 23.8 Å². The Morgan fingerprint density at radius 2 is 1.65 bits per heavy atom. The molecule has 0 spiro atoms. The van der Waals surface area contributed by atoms with Gasteiger partial charge in [0.1, 0.15) is 0 Å². The summed E-state index contributed by atoms with van der Waals surface area (Å²) in [5, 5.41) is 1.27. The Kier molecular flexibility index (Phi) is 5.30. The van der Waals surface area contributed by atoms with Gasteiger partial charge in [0.15, 0.2) is 0 Å². The molecule has 0 saturated heterocycles. The second kappa shape index (κ2) is 6.62. The van der Waals surface area contributed by atoms with E-state index < -0.39 is 0 Å². The molecule has 0 nitrogen and oxygen atoms in total. The highest BCUT2D eigenvalue weighted by Gasteiger charge is 2.31. The molecule has 0 amide bonds. The number of halogens is 3. The zero-order valence-electron chi connectivity index (χ0n) is 11.2. The van der Waals surface area contributed by atoms with Crippen molar-refractivity contribution >= 4 is 46.6 Å². The molecule has 0 aliphatic carbocycles. The van der Waals surface area contributed by atoms with Crippen LogP contribution in [0.5, 0.6) is 0 Å². The average Bonchev–Trinajstić information content (AvgIpc) is 2.42. The van der Waals surface area contributed by atoms with Crippen molar-refractivity contribution in [1.82, 2.24) is 0 Å². The number of hydrogen-bond acceptors (Lipinski definition) is 1. The molecule has 0 fully saturated rings. The monoisotopic (exact) mass is 344 g/mol. The first-order chi connectivity index (χ1) is 9.41. The summed E-state index contributed by atoms with van der Waals surface area (Å²) < 4.78 is -0.136. The van der Waals surface area contributed by atoms with Gasteiger partial charge in [0.2, 0.25) is 0 Å². The molecule has 0 bridgehead atoms. The van der Waals surface area contributed by atoms with Gasteiger partial charge in [-0.1, -0.05) is 67.4 Å². The molecule has 20 heavy (non-hydrogen) atoms. The molecule has 2 aromatic carbocycles. The molecule has 0 saturated carbocycles. The maximum Gasteiger partial charge on any atom is 0.0927 e. The van der Waals surface area contributed by atoms with E-state index in [2.05, 4.69) is 26.0 Å². The van der Waals surface area contributed by atoms with Crippen molar-refractivity contribution in [1.29, 1.82) is 0 Å². The minimum atomic E-state index is -0.170. The summed E-state index contributed by atoms with van der Waals surface area (Å²) in [5.74, 6) is 0. The molecular weight excluding hydrogens is 331 g/mol. The lowest BCUT2D eigenvalue weighted by Gasteiger charge is -2.30. The van der Waals surface area contributed by atoms with Crippen LogP contribution in [0.3, 0.4) is 0 Å². The van der Waals surface area contributed by atoms with Crippen molar-refractivity contribution in [3.63, 3.8) is 0 Å². The van der Waals surface area contributed by atoms with E-state index >= 15 is 0 Å². The second-order valence-corrected chi connectivity index (χ2v) is 7.78. The highest BCUT2D eigenvalue weighted by molar-refractivity contribution is 8.01. The van der Waals surface area contributed by atoms with Gasteiger partial charge in [-0.25, -0.2) is 0 Å². The molecule has 0 heterocycles. The minimum absolute atomic E-state index is 0.136. The highest BCUT2D eigenvalue weighted by atomic mass is 35.5. The van der Waals surface area contributed by atoms with Crippen molar-refractivity contribution in [2.75, 3.05) is 0 Å². The average molecular weight is 346 g/mol. The molecule has 1 atom stereocenters. The second-order valence-electron chi connectivity index (χ2n) is 5.10. The molecule has 0 N–H and O–H groups in total. The lowest BCUT2D eigenvalue weighted by molar-refractivity contribution is 0.573. The van der Waals surface area contributed by atoms with Crippen LogP contribution in [0, 0.1) is 0 Å². The van der Waals surface area contributed by atoms with Crippen LogP contribution in [0.2, 0.25) is 10.0 Å². The topological polar surface area (TPSA) is 0 Å². The van der Waals surface area contributed by atoms with Gasteiger partial charge < -0.3 is 0 Å². The maximum absolute atomic E-state index is 6.62. The Morgan fingerprint density at radius 3 is 2.25 bits per heavy atom. The van der Waals surface area contributed by atoms with Crippen LogP contribution in [-0.4, -0.2) is 4.71 Å². The first kappa shape index (κ1) is 16.0. The fraction of sp³-hybridized carbons (Fsp3) is 0.250. The molecule has 0 aromatic heterocycles. The molecule has 0 aliphatic rings. The largest absolute Gasteiger partial charge is 0.110 e. The van der Waals surface area contributed by atoms with Crippen molar-refractivity contribution in [2.45, 2.75) is 28.9 Å². The molecule has 0 radical (unpaired) electrons. The summed E-state index contributed by atoms with van der Waals surface area (Å²) in [5.41, 5.74) is 1.04. The van der Waals surface area contributed by atoms with Gasteiger partial charge in [0.25, 0.3) is 0 Å². The Morgan fingerprint density at radius 1 is 1.00 bits per heavy atom. The number of hydrogen-bond donors (Lipinski definition) is 0. The number of alkyl halides is 1. The third kappa shape index (κ3) is 3.65. The lowest BCUT2D eigenvalue weighted by Crippen LogP contribution is -2.26. The van der Waals surface area contributed by atoms with Crippen LogP contribution in [-0.2, 0) is 5.41 Å². The Hall–Kier alpha value is -0.340. The fourth-order valence-corrected chi connectivity index (χ4v) is 3.76. The molecule has 106 valence electrons. The van der Waals surface area contributed by atoms with E-state index in [4.69, 9.17) is 34.8 Å². The van der Waals surface area contributed by atoms with E-state index in [1.807, 2.05) is 30.3 Å². The number of thioether (sulfide) groups is 1. The van der Waals surface area contributed by atoms with Gasteiger partial charge in [0, 0.05) is 15.3 Å². The Bertz CT molecular complexity index is 582. The highest BCUT2D eigenvalue weighted by Crippen LogP contribution is 2.43. The first-order valence-corrected chi connectivity index (χ1v) is 8.30. The quantitative estimate of drug-likeness (QED) is 0.443. The standard InChI is InChI=1S/C16H15Cl3S/c1-16(2,11-6-4-3-5-7-11)15(19)20-14-9-8-12(17)10-13(14)18/h3-10,15H,1-2H3. The van der Waals surface area contributed by atoms with E-state index in [1.165, 1.54) is 5.56 Å². The minimum Gasteiger partial charge on any atom is -0.110 e. The van der Waals surface area contributed by atoms with Crippen LogP contribution in [0.4, 0.5) is 0 Å². The van der Waals surface area contributed by atoms with Gasteiger partial charge in [-0.15, -0.1) is 23.4 Å².